The number of aromatic nitrogens is 4. The summed E-state index contributed by atoms with van der Waals surface area (Å²) in [7, 11) is 0. The van der Waals surface area contributed by atoms with Crippen LogP contribution in [0.2, 0.25) is 0 Å². The van der Waals surface area contributed by atoms with E-state index in [2.05, 4.69) is 51.5 Å². The van der Waals surface area contributed by atoms with Gasteiger partial charge in [0.1, 0.15) is 0 Å². The quantitative estimate of drug-likeness (QED) is 0.671. The number of hydrogen-bond acceptors (Lipinski definition) is 4. The molecule has 150 valence electrons. The number of benzene rings is 1. The Balaban J connectivity index is 1.41. The van der Waals surface area contributed by atoms with Crippen LogP contribution in [0.15, 0.2) is 59.4 Å². The highest BCUT2D eigenvalue weighted by molar-refractivity contribution is 5.48. The molecule has 1 saturated heterocycles. The van der Waals surface area contributed by atoms with Crippen molar-refractivity contribution in [2.24, 2.45) is 0 Å². The summed E-state index contributed by atoms with van der Waals surface area (Å²) in [6, 6.07) is 15.9. The Morgan fingerprint density at radius 2 is 1.79 bits per heavy atom. The standard InChI is InChI=1S/C23H27N5O/c1-18-17-19(2)27(24-18)22-10-11-23(29)28(25-22)21-12-15-26(16-13-21)14-6-9-20-7-4-3-5-8-20/h3-11,17,21H,12-16H2,1-2H3. The van der Waals surface area contributed by atoms with Gasteiger partial charge in [-0.1, -0.05) is 42.5 Å². The van der Waals surface area contributed by atoms with Crippen molar-refractivity contribution in [3.63, 3.8) is 0 Å². The van der Waals surface area contributed by atoms with E-state index in [0.29, 0.717) is 5.82 Å². The highest BCUT2D eigenvalue weighted by Crippen LogP contribution is 2.21. The summed E-state index contributed by atoms with van der Waals surface area (Å²) in [6.45, 7) is 6.81. The first-order chi connectivity index (χ1) is 14.1. The zero-order valence-corrected chi connectivity index (χ0v) is 17.0. The van der Waals surface area contributed by atoms with E-state index in [1.165, 1.54) is 5.56 Å². The molecule has 2 aromatic heterocycles. The van der Waals surface area contributed by atoms with Crippen LogP contribution in [0.25, 0.3) is 11.9 Å². The largest absolute Gasteiger partial charge is 0.300 e. The highest BCUT2D eigenvalue weighted by Gasteiger charge is 2.22. The van der Waals surface area contributed by atoms with Gasteiger partial charge in [0.05, 0.1) is 11.7 Å². The molecule has 3 aromatic rings. The molecule has 0 N–H and O–H groups in total. The van der Waals surface area contributed by atoms with E-state index < -0.39 is 0 Å². The third-order valence-corrected chi connectivity index (χ3v) is 5.41. The van der Waals surface area contributed by atoms with Crippen molar-refractivity contribution >= 4 is 6.08 Å². The van der Waals surface area contributed by atoms with Gasteiger partial charge < -0.3 is 0 Å². The molecule has 3 heterocycles. The van der Waals surface area contributed by atoms with E-state index in [4.69, 9.17) is 0 Å². The van der Waals surface area contributed by atoms with E-state index in [1.54, 1.807) is 21.5 Å². The van der Waals surface area contributed by atoms with Crippen molar-refractivity contribution in [1.82, 2.24) is 24.5 Å². The van der Waals surface area contributed by atoms with Gasteiger partial charge in [-0.15, -0.1) is 5.10 Å². The molecular formula is C23H27N5O. The maximum Gasteiger partial charge on any atom is 0.267 e. The molecule has 0 atom stereocenters. The monoisotopic (exact) mass is 389 g/mol. The van der Waals surface area contributed by atoms with E-state index in [-0.39, 0.29) is 11.6 Å². The molecule has 1 aromatic carbocycles. The third-order valence-electron chi connectivity index (χ3n) is 5.41. The molecule has 1 fully saturated rings. The van der Waals surface area contributed by atoms with Crippen LogP contribution >= 0.6 is 0 Å². The molecule has 0 bridgehead atoms. The van der Waals surface area contributed by atoms with E-state index >= 15 is 0 Å². The van der Waals surface area contributed by atoms with Crippen LogP contribution in [0, 0.1) is 13.8 Å². The molecule has 6 nitrogen and oxygen atoms in total. The minimum absolute atomic E-state index is 0.0438. The Morgan fingerprint density at radius 1 is 1.03 bits per heavy atom. The van der Waals surface area contributed by atoms with Gasteiger partial charge in [-0.05, 0) is 44.4 Å². The SMILES string of the molecule is Cc1cc(C)n(-c2ccc(=O)n(C3CCN(CC=Cc4ccccc4)CC3)n2)n1. The molecule has 29 heavy (non-hydrogen) atoms. The van der Waals surface area contributed by atoms with Crippen molar-refractivity contribution < 1.29 is 0 Å². The molecule has 1 aliphatic heterocycles. The van der Waals surface area contributed by atoms with Gasteiger partial charge in [0, 0.05) is 31.4 Å². The third kappa shape index (κ3) is 4.54. The van der Waals surface area contributed by atoms with E-state index in [1.807, 2.05) is 26.0 Å². The van der Waals surface area contributed by atoms with Crippen molar-refractivity contribution in [2.75, 3.05) is 19.6 Å². The minimum Gasteiger partial charge on any atom is -0.300 e. The van der Waals surface area contributed by atoms with Crippen LogP contribution < -0.4 is 5.56 Å². The second kappa shape index (κ2) is 8.57. The highest BCUT2D eigenvalue weighted by atomic mass is 16.1. The number of piperidine rings is 1. The molecule has 0 radical (unpaired) electrons. The maximum atomic E-state index is 12.4. The van der Waals surface area contributed by atoms with Gasteiger partial charge >= 0.3 is 0 Å². The summed E-state index contributed by atoms with van der Waals surface area (Å²) in [6.07, 6.45) is 6.22. The van der Waals surface area contributed by atoms with Crippen molar-refractivity contribution in [3.8, 4) is 5.82 Å². The number of nitrogens with zero attached hydrogens (tertiary/aromatic N) is 5. The molecule has 4 rings (SSSR count). The first-order valence-corrected chi connectivity index (χ1v) is 10.2. The lowest BCUT2D eigenvalue weighted by atomic mass is 10.1. The van der Waals surface area contributed by atoms with Gasteiger partial charge in [0.25, 0.3) is 5.56 Å². The Hall–Kier alpha value is -2.99. The minimum atomic E-state index is -0.0438. The fourth-order valence-electron chi connectivity index (χ4n) is 3.90. The Labute approximate surface area is 171 Å². The summed E-state index contributed by atoms with van der Waals surface area (Å²) < 4.78 is 3.46. The fourth-order valence-corrected chi connectivity index (χ4v) is 3.90. The Morgan fingerprint density at radius 3 is 2.48 bits per heavy atom. The number of aryl methyl sites for hydroxylation is 2. The summed E-state index contributed by atoms with van der Waals surface area (Å²) in [5, 5.41) is 9.13. The van der Waals surface area contributed by atoms with Crippen LogP contribution in [0.3, 0.4) is 0 Å². The van der Waals surface area contributed by atoms with E-state index in [0.717, 1.165) is 43.9 Å². The molecule has 0 unspecified atom stereocenters. The first-order valence-electron chi connectivity index (χ1n) is 10.2. The second-order valence-electron chi connectivity index (χ2n) is 7.66. The smallest absolute Gasteiger partial charge is 0.267 e. The summed E-state index contributed by atoms with van der Waals surface area (Å²) in [5.74, 6) is 0.698. The Bertz CT molecular complexity index is 1040. The zero-order chi connectivity index (χ0) is 20.2. The lowest BCUT2D eigenvalue weighted by molar-refractivity contribution is 0.191. The Kier molecular flexibility index (Phi) is 5.71. The van der Waals surface area contributed by atoms with Gasteiger partial charge in [-0.25, -0.2) is 9.36 Å². The second-order valence-corrected chi connectivity index (χ2v) is 7.66. The van der Waals surface area contributed by atoms with Crippen LogP contribution in [0.4, 0.5) is 0 Å². The number of likely N-dealkylation sites (tertiary alicyclic amines) is 1. The molecule has 6 heteroatoms. The molecule has 0 aliphatic carbocycles. The topological polar surface area (TPSA) is 56.0 Å². The van der Waals surface area contributed by atoms with Crippen molar-refractivity contribution in [1.29, 1.82) is 0 Å². The fraction of sp³-hybridized carbons (Fsp3) is 0.348. The van der Waals surface area contributed by atoms with Crippen LogP contribution in [0.5, 0.6) is 0 Å². The molecular weight excluding hydrogens is 362 g/mol. The molecule has 0 spiro atoms. The summed E-state index contributed by atoms with van der Waals surface area (Å²) >= 11 is 0. The van der Waals surface area contributed by atoms with Gasteiger partial charge in [-0.3, -0.25) is 9.69 Å². The van der Waals surface area contributed by atoms with Crippen molar-refractivity contribution in [2.45, 2.75) is 32.7 Å². The van der Waals surface area contributed by atoms with Crippen LogP contribution in [-0.2, 0) is 0 Å². The molecule has 0 saturated carbocycles. The molecule has 0 amide bonds. The van der Waals surface area contributed by atoms with Crippen LogP contribution in [-0.4, -0.2) is 44.1 Å². The average Bonchev–Trinajstić information content (AvgIpc) is 3.08. The predicted octanol–water partition coefficient (Wildman–Crippen LogP) is 3.40. The predicted molar refractivity (Wildman–Crippen MR) is 115 cm³/mol. The van der Waals surface area contributed by atoms with Gasteiger partial charge in [-0.2, -0.15) is 5.10 Å². The lowest BCUT2D eigenvalue weighted by Gasteiger charge is -2.31. The van der Waals surface area contributed by atoms with Crippen LogP contribution in [0.1, 0.15) is 35.8 Å². The normalized spacial score (nSPS) is 15.9. The summed E-state index contributed by atoms with van der Waals surface area (Å²) in [4.78, 5) is 14.9. The summed E-state index contributed by atoms with van der Waals surface area (Å²) in [5.41, 5.74) is 3.14. The first kappa shape index (κ1) is 19.3. The van der Waals surface area contributed by atoms with Crippen molar-refractivity contribution in [3.05, 3.63) is 81.9 Å². The van der Waals surface area contributed by atoms with E-state index in [9.17, 15) is 4.79 Å². The van der Waals surface area contributed by atoms with Gasteiger partial charge in [0.2, 0.25) is 0 Å². The number of hydrogen-bond donors (Lipinski definition) is 0. The maximum absolute atomic E-state index is 12.4. The van der Waals surface area contributed by atoms with Gasteiger partial charge in [0.15, 0.2) is 5.82 Å². The molecule has 1 aliphatic rings. The zero-order valence-electron chi connectivity index (χ0n) is 17.0. The average molecular weight is 390 g/mol. The number of rotatable bonds is 5. The lowest BCUT2D eigenvalue weighted by Crippen LogP contribution is -2.38.